The van der Waals surface area contributed by atoms with Gasteiger partial charge in [0.25, 0.3) is 11.5 Å². The molecule has 2 aromatic heterocycles. The van der Waals surface area contributed by atoms with Crippen molar-refractivity contribution < 1.29 is 4.79 Å². The second kappa shape index (κ2) is 6.20. The van der Waals surface area contributed by atoms with E-state index in [9.17, 15) is 9.59 Å². The standard InChI is InChI=1S/C14H9BrN4O2S/c15-8-5-9(22-7-8)6-16-18-14(21)12-10-3-1-2-4-11(10)13(20)19-17-12/h1-7H,(H,18,21)(H,19,20)/b16-6+. The average Bonchev–Trinajstić information content (AvgIpc) is 2.93. The summed E-state index contributed by atoms with van der Waals surface area (Å²) in [4.78, 5) is 24.7. The molecule has 22 heavy (non-hydrogen) atoms. The number of hydrogen-bond donors (Lipinski definition) is 2. The number of nitrogens with one attached hydrogen (secondary N) is 2. The first-order valence-corrected chi connectivity index (χ1v) is 7.87. The Labute approximate surface area is 137 Å². The molecule has 0 aliphatic carbocycles. The maximum atomic E-state index is 12.2. The van der Waals surface area contributed by atoms with Crippen molar-refractivity contribution in [1.29, 1.82) is 0 Å². The van der Waals surface area contributed by atoms with Crippen molar-refractivity contribution in [3.63, 3.8) is 0 Å². The molecule has 1 amide bonds. The first kappa shape index (κ1) is 14.6. The highest BCUT2D eigenvalue weighted by atomic mass is 79.9. The number of H-pyrrole nitrogens is 1. The highest BCUT2D eigenvalue weighted by Gasteiger charge is 2.13. The van der Waals surface area contributed by atoms with Gasteiger partial charge < -0.3 is 0 Å². The smallest absolute Gasteiger partial charge is 0.267 e. The molecule has 0 spiro atoms. The molecule has 0 saturated heterocycles. The molecule has 110 valence electrons. The van der Waals surface area contributed by atoms with Gasteiger partial charge in [-0.25, -0.2) is 10.5 Å². The Balaban J connectivity index is 1.85. The van der Waals surface area contributed by atoms with Crippen LogP contribution in [-0.4, -0.2) is 22.3 Å². The van der Waals surface area contributed by atoms with Crippen LogP contribution >= 0.6 is 27.3 Å². The Hall–Kier alpha value is -2.32. The fourth-order valence-corrected chi connectivity index (χ4v) is 3.20. The van der Waals surface area contributed by atoms with Crippen LogP contribution in [0.15, 0.2) is 50.1 Å². The number of benzene rings is 1. The van der Waals surface area contributed by atoms with E-state index in [1.54, 1.807) is 30.5 Å². The molecule has 0 radical (unpaired) electrons. The lowest BCUT2D eigenvalue weighted by Gasteiger charge is -2.02. The summed E-state index contributed by atoms with van der Waals surface area (Å²) in [5.74, 6) is -0.487. The average molecular weight is 377 g/mol. The molecule has 0 fully saturated rings. The summed E-state index contributed by atoms with van der Waals surface area (Å²) in [5.41, 5.74) is 2.20. The van der Waals surface area contributed by atoms with Gasteiger partial charge in [-0.3, -0.25) is 9.59 Å². The lowest BCUT2D eigenvalue weighted by molar-refractivity contribution is 0.0951. The van der Waals surface area contributed by atoms with Crippen LogP contribution in [0.1, 0.15) is 15.4 Å². The molecule has 6 nitrogen and oxygen atoms in total. The van der Waals surface area contributed by atoms with Gasteiger partial charge in [0.05, 0.1) is 11.6 Å². The van der Waals surface area contributed by atoms with Crippen LogP contribution in [0, 0.1) is 0 Å². The Morgan fingerprint density at radius 1 is 1.36 bits per heavy atom. The summed E-state index contributed by atoms with van der Waals surface area (Å²) >= 11 is 4.83. The van der Waals surface area contributed by atoms with Crippen LogP contribution in [0.5, 0.6) is 0 Å². The minimum Gasteiger partial charge on any atom is -0.267 e. The van der Waals surface area contributed by atoms with E-state index in [0.717, 1.165) is 9.35 Å². The Bertz CT molecular complexity index is 932. The van der Waals surface area contributed by atoms with Crippen molar-refractivity contribution in [1.82, 2.24) is 15.6 Å². The van der Waals surface area contributed by atoms with Crippen molar-refractivity contribution in [2.75, 3.05) is 0 Å². The fraction of sp³-hybridized carbons (Fsp3) is 0. The van der Waals surface area contributed by atoms with Crippen molar-refractivity contribution in [2.24, 2.45) is 5.10 Å². The first-order chi connectivity index (χ1) is 10.6. The van der Waals surface area contributed by atoms with E-state index in [2.05, 4.69) is 36.7 Å². The number of amides is 1. The Kier molecular flexibility index (Phi) is 4.12. The third-order valence-corrected chi connectivity index (χ3v) is 4.48. The number of thiophene rings is 1. The zero-order valence-corrected chi connectivity index (χ0v) is 13.4. The summed E-state index contributed by atoms with van der Waals surface area (Å²) in [7, 11) is 0. The topological polar surface area (TPSA) is 87.2 Å². The zero-order chi connectivity index (χ0) is 15.5. The summed E-state index contributed by atoms with van der Waals surface area (Å²) in [6, 6.07) is 8.67. The Morgan fingerprint density at radius 2 is 2.14 bits per heavy atom. The molecule has 2 N–H and O–H groups in total. The molecule has 0 atom stereocenters. The molecule has 0 unspecified atom stereocenters. The van der Waals surface area contributed by atoms with Crippen molar-refractivity contribution in [3.05, 3.63) is 61.1 Å². The van der Waals surface area contributed by atoms with Crippen molar-refractivity contribution >= 4 is 50.2 Å². The number of nitrogens with zero attached hydrogens (tertiary/aromatic N) is 2. The van der Waals surface area contributed by atoms with Gasteiger partial charge in [0, 0.05) is 20.1 Å². The van der Waals surface area contributed by atoms with E-state index < -0.39 is 5.91 Å². The second-order valence-electron chi connectivity index (χ2n) is 4.31. The van der Waals surface area contributed by atoms with Gasteiger partial charge in [-0.15, -0.1) is 11.3 Å². The summed E-state index contributed by atoms with van der Waals surface area (Å²) in [5, 5.41) is 12.8. The molecule has 1 aromatic carbocycles. The van der Waals surface area contributed by atoms with Crippen LogP contribution in [0.4, 0.5) is 0 Å². The van der Waals surface area contributed by atoms with Gasteiger partial charge >= 0.3 is 0 Å². The normalized spacial score (nSPS) is 11.1. The molecular weight excluding hydrogens is 368 g/mol. The summed E-state index contributed by atoms with van der Waals surface area (Å²) < 4.78 is 0.957. The number of aromatic nitrogens is 2. The largest absolute Gasteiger partial charge is 0.292 e. The van der Waals surface area contributed by atoms with E-state index in [4.69, 9.17) is 0 Å². The van der Waals surface area contributed by atoms with E-state index in [1.165, 1.54) is 11.3 Å². The van der Waals surface area contributed by atoms with Crippen molar-refractivity contribution in [2.45, 2.75) is 0 Å². The monoisotopic (exact) mass is 376 g/mol. The molecule has 0 aliphatic rings. The Morgan fingerprint density at radius 3 is 2.86 bits per heavy atom. The second-order valence-corrected chi connectivity index (χ2v) is 6.17. The van der Waals surface area contributed by atoms with Gasteiger partial charge in [0.2, 0.25) is 0 Å². The van der Waals surface area contributed by atoms with Crippen LogP contribution in [-0.2, 0) is 0 Å². The molecule has 0 saturated carbocycles. The molecule has 3 aromatic rings. The van der Waals surface area contributed by atoms with Crippen LogP contribution in [0.3, 0.4) is 0 Å². The minimum absolute atomic E-state index is 0.125. The zero-order valence-electron chi connectivity index (χ0n) is 11.0. The molecular formula is C14H9BrN4O2S. The highest BCUT2D eigenvalue weighted by Crippen LogP contribution is 2.17. The van der Waals surface area contributed by atoms with Crippen LogP contribution in [0.25, 0.3) is 10.8 Å². The number of fused-ring (bicyclic) bond motifs is 1. The third-order valence-electron chi connectivity index (χ3n) is 2.86. The van der Waals surface area contributed by atoms with Gasteiger partial charge in [0.15, 0.2) is 5.69 Å². The number of carbonyl (C=O) groups is 1. The number of hydrazone groups is 1. The predicted molar refractivity (Wildman–Crippen MR) is 89.4 cm³/mol. The van der Waals surface area contributed by atoms with Gasteiger partial charge in [-0.1, -0.05) is 18.2 Å². The SMILES string of the molecule is O=C(N/N=C/c1cc(Br)cs1)c1n[nH]c(=O)c2ccccc12. The molecule has 0 bridgehead atoms. The van der Waals surface area contributed by atoms with Gasteiger partial charge in [-0.05, 0) is 28.1 Å². The minimum atomic E-state index is -0.487. The van der Waals surface area contributed by atoms with Crippen molar-refractivity contribution in [3.8, 4) is 0 Å². The number of halogens is 1. The van der Waals surface area contributed by atoms with E-state index in [1.807, 2.05) is 11.4 Å². The molecule has 8 heteroatoms. The first-order valence-electron chi connectivity index (χ1n) is 6.20. The lowest BCUT2D eigenvalue weighted by Crippen LogP contribution is -2.22. The molecule has 0 aliphatic heterocycles. The number of hydrogen-bond acceptors (Lipinski definition) is 5. The summed E-state index contributed by atoms with van der Waals surface area (Å²) in [6.45, 7) is 0. The fourth-order valence-electron chi connectivity index (χ4n) is 1.89. The maximum Gasteiger partial charge on any atom is 0.292 e. The molecule has 2 heterocycles. The van der Waals surface area contributed by atoms with E-state index in [0.29, 0.717) is 10.8 Å². The predicted octanol–water partition coefficient (Wildman–Crippen LogP) is 2.51. The third kappa shape index (κ3) is 2.97. The maximum absolute atomic E-state index is 12.2. The van der Waals surface area contributed by atoms with Gasteiger partial charge in [0.1, 0.15) is 0 Å². The van der Waals surface area contributed by atoms with E-state index >= 15 is 0 Å². The van der Waals surface area contributed by atoms with Crippen LogP contribution in [0.2, 0.25) is 0 Å². The number of carbonyl (C=O) groups excluding carboxylic acids is 1. The molecule has 3 rings (SSSR count). The van der Waals surface area contributed by atoms with E-state index in [-0.39, 0.29) is 11.3 Å². The lowest BCUT2D eigenvalue weighted by atomic mass is 10.1. The number of aromatic amines is 1. The highest BCUT2D eigenvalue weighted by molar-refractivity contribution is 9.10. The van der Waals surface area contributed by atoms with Gasteiger partial charge in [-0.2, -0.15) is 10.2 Å². The van der Waals surface area contributed by atoms with Crippen LogP contribution < -0.4 is 11.0 Å². The number of rotatable bonds is 3. The summed E-state index contributed by atoms with van der Waals surface area (Å²) in [6.07, 6.45) is 1.54. The quantitative estimate of drug-likeness (QED) is 0.543.